The predicted octanol–water partition coefficient (Wildman–Crippen LogP) is -2.69. The van der Waals surface area contributed by atoms with Gasteiger partial charge in [-0.15, -0.1) is 20.4 Å². The number of rotatable bonds is 27. The summed E-state index contributed by atoms with van der Waals surface area (Å²) in [6.07, 6.45) is -15.4. The molecule has 2 aliphatic rings. The number of aryl methyl sites for hydroxylation is 2. The van der Waals surface area contributed by atoms with E-state index in [-0.39, 0.29) is 49.8 Å². The Hall–Kier alpha value is -4.40. The van der Waals surface area contributed by atoms with Crippen LogP contribution in [0, 0.1) is 13.8 Å². The lowest BCUT2D eigenvalue weighted by molar-refractivity contribution is -0.273. The Kier molecular flexibility index (Phi) is 19.6. The number of phosphoric acid groups is 2. The third-order valence-corrected chi connectivity index (χ3v) is 12.6. The summed E-state index contributed by atoms with van der Waals surface area (Å²) in [6, 6.07) is 7.19. The maximum absolute atomic E-state index is 12.8. The van der Waals surface area contributed by atoms with Gasteiger partial charge >= 0.3 is 15.6 Å². The van der Waals surface area contributed by atoms with Gasteiger partial charge in [0.15, 0.2) is 29.5 Å². The molecule has 1 amide bonds. The fourth-order valence-corrected chi connectivity index (χ4v) is 8.66. The predicted molar refractivity (Wildman–Crippen MR) is 227 cm³/mol. The van der Waals surface area contributed by atoms with Gasteiger partial charge < -0.3 is 78.8 Å². The zero-order chi connectivity index (χ0) is 49.7. The normalized spacial score (nSPS) is 25.6. The van der Waals surface area contributed by atoms with Crippen LogP contribution < -0.4 is 15.6 Å². The number of carbonyl (C=O) groups excluding carboxylic acids is 1. The molecule has 6 rings (SSSR count). The molecular weight excluding hydrogens is 968 g/mol. The number of aromatic amines is 1. The van der Waals surface area contributed by atoms with Crippen molar-refractivity contribution in [3.63, 3.8) is 0 Å². The first-order valence-corrected chi connectivity index (χ1v) is 24.1. The van der Waals surface area contributed by atoms with Gasteiger partial charge in [0.1, 0.15) is 60.9 Å². The maximum atomic E-state index is 12.8. The highest BCUT2D eigenvalue weighted by Gasteiger charge is 2.50. The zero-order valence-corrected chi connectivity index (χ0v) is 38.7. The number of phosphoric ester groups is 2. The number of hydrogen-bond donors (Lipinski definition) is 9. The Labute approximate surface area is 391 Å². The second-order valence-corrected chi connectivity index (χ2v) is 18.1. The molecule has 5 heterocycles. The van der Waals surface area contributed by atoms with Crippen molar-refractivity contribution in [2.24, 2.45) is 0 Å². The SMILES string of the molecule is Cc1nnc(-c2ccc(OCCOCCOCCOCCOCCC(=O)NCC3O[C@H](OP(=O)(O)OP(=O)(O)OC[C@H]4O[C@@H](n5cnc6c(=O)[nH]c(C)nc65)C(O)[C@H]4O)C(O)[C@@H](O)[C@@H]3O)cc2)nn1. The summed E-state index contributed by atoms with van der Waals surface area (Å²) in [6.45, 7) is 4.00. The fourth-order valence-electron chi connectivity index (χ4n) is 6.51. The molecule has 2 aliphatic heterocycles. The number of carbonyl (C=O) groups is 1. The lowest BCUT2D eigenvalue weighted by atomic mass is 9.99. The van der Waals surface area contributed by atoms with Crippen LogP contribution in [0.15, 0.2) is 35.4 Å². The zero-order valence-electron chi connectivity index (χ0n) is 36.9. The summed E-state index contributed by atoms with van der Waals surface area (Å²) in [5, 5.41) is 70.6. The van der Waals surface area contributed by atoms with Crippen molar-refractivity contribution in [1.29, 1.82) is 0 Å². The monoisotopic (exact) mass is 1020 g/mol. The summed E-state index contributed by atoms with van der Waals surface area (Å²) in [5.74, 6) is 1.18. The van der Waals surface area contributed by atoms with Crippen molar-refractivity contribution in [3.05, 3.63) is 52.6 Å². The van der Waals surface area contributed by atoms with Crippen LogP contribution in [0.5, 0.6) is 5.75 Å². The second kappa shape index (κ2) is 25.1. The minimum absolute atomic E-state index is 0.00847. The number of H-pyrrole nitrogens is 1. The van der Waals surface area contributed by atoms with Crippen molar-refractivity contribution >= 4 is 32.7 Å². The van der Waals surface area contributed by atoms with E-state index in [1.807, 2.05) is 12.1 Å². The lowest BCUT2D eigenvalue weighted by Gasteiger charge is -2.40. The summed E-state index contributed by atoms with van der Waals surface area (Å²) in [5.41, 5.74) is 0.0641. The van der Waals surface area contributed by atoms with Crippen molar-refractivity contribution in [2.45, 2.75) is 75.5 Å². The molecule has 382 valence electrons. The maximum Gasteiger partial charge on any atom is 0.483 e. The van der Waals surface area contributed by atoms with Crippen molar-refractivity contribution in [2.75, 3.05) is 72.6 Å². The van der Waals surface area contributed by atoms with E-state index in [0.717, 1.165) is 16.5 Å². The van der Waals surface area contributed by atoms with Gasteiger partial charge in [-0.3, -0.25) is 23.2 Å². The van der Waals surface area contributed by atoms with E-state index in [0.29, 0.717) is 50.4 Å². The van der Waals surface area contributed by atoms with Gasteiger partial charge in [0.2, 0.25) is 11.7 Å². The highest BCUT2D eigenvalue weighted by atomic mass is 31.3. The quantitative estimate of drug-likeness (QED) is 0.0217. The number of fused-ring (bicyclic) bond motifs is 1. The number of hydrogen-bond acceptors (Lipinski definition) is 25. The van der Waals surface area contributed by atoms with Crippen LogP contribution in [0.3, 0.4) is 0 Å². The van der Waals surface area contributed by atoms with Crippen LogP contribution in [-0.4, -0.2) is 203 Å². The van der Waals surface area contributed by atoms with Crippen LogP contribution in [0.25, 0.3) is 22.6 Å². The van der Waals surface area contributed by atoms with Gasteiger partial charge in [0.05, 0.1) is 65.8 Å². The topological polar surface area (TPSA) is 412 Å². The molecule has 0 bridgehead atoms. The molecule has 11 atom stereocenters. The summed E-state index contributed by atoms with van der Waals surface area (Å²) in [4.78, 5) is 55.7. The van der Waals surface area contributed by atoms with Gasteiger partial charge in [-0.2, -0.15) is 4.31 Å². The average molecular weight is 1020 g/mol. The van der Waals surface area contributed by atoms with Crippen molar-refractivity contribution in [3.8, 4) is 17.1 Å². The molecule has 69 heavy (non-hydrogen) atoms. The van der Waals surface area contributed by atoms with E-state index in [1.165, 1.54) is 6.92 Å². The Morgan fingerprint density at radius 1 is 0.768 bits per heavy atom. The van der Waals surface area contributed by atoms with Gasteiger partial charge in [-0.1, -0.05) is 0 Å². The van der Waals surface area contributed by atoms with Crippen LogP contribution in [-0.2, 0) is 55.7 Å². The molecule has 30 nitrogen and oxygen atoms in total. The van der Waals surface area contributed by atoms with E-state index in [9.17, 15) is 54.0 Å². The molecule has 2 fully saturated rings. The summed E-state index contributed by atoms with van der Waals surface area (Å²) in [7, 11) is -11.3. The summed E-state index contributed by atoms with van der Waals surface area (Å²) >= 11 is 0. The van der Waals surface area contributed by atoms with Crippen LogP contribution in [0.1, 0.15) is 24.3 Å². The molecule has 2 saturated heterocycles. The molecule has 0 spiro atoms. The lowest BCUT2D eigenvalue weighted by Crippen LogP contribution is -2.60. The van der Waals surface area contributed by atoms with Crippen molar-refractivity contribution in [1.82, 2.24) is 45.2 Å². The number of benzene rings is 1. The second-order valence-electron chi connectivity index (χ2n) is 15.1. The Balaban J connectivity index is 0.798. The number of ether oxygens (including phenoxy) is 7. The fraction of sp³-hybridized carbons (Fsp3) is 0.622. The molecule has 3 aromatic heterocycles. The average Bonchev–Trinajstić information content (AvgIpc) is 3.85. The molecule has 0 radical (unpaired) electrons. The Morgan fingerprint density at radius 2 is 1.38 bits per heavy atom. The highest BCUT2D eigenvalue weighted by molar-refractivity contribution is 7.61. The number of amides is 1. The number of aliphatic hydroxyl groups excluding tert-OH is 5. The van der Waals surface area contributed by atoms with Gasteiger partial charge in [-0.25, -0.2) is 19.1 Å². The summed E-state index contributed by atoms with van der Waals surface area (Å²) < 4.78 is 78.6. The van der Waals surface area contributed by atoms with Gasteiger partial charge in [0.25, 0.3) is 5.56 Å². The highest BCUT2D eigenvalue weighted by Crippen LogP contribution is 2.61. The third kappa shape index (κ3) is 15.5. The smallest absolute Gasteiger partial charge is 0.483 e. The van der Waals surface area contributed by atoms with E-state index in [4.69, 9.17) is 42.2 Å². The van der Waals surface area contributed by atoms with Crippen molar-refractivity contribution < 1.29 is 95.8 Å². The molecule has 5 unspecified atom stereocenters. The van der Waals surface area contributed by atoms with E-state index in [1.54, 1.807) is 19.1 Å². The molecular formula is C37H53N9O21P2. The molecule has 4 aromatic rings. The first-order valence-electron chi connectivity index (χ1n) is 21.1. The molecule has 0 aliphatic carbocycles. The Morgan fingerprint density at radius 3 is 2.03 bits per heavy atom. The van der Waals surface area contributed by atoms with Crippen LogP contribution in [0.2, 0.25) is 0 Å². The minimum atomic E-state index is -5.72. The van der Waals surface area contributed by atoms with Gasteiger partial charge in [-0.05, 0) is 38.1 Å². The van der Waals surface area contributed by atoms with E-state index in [2.05, 4.69) is 45.0 Å². The Bertz CT molecular complexity index is 2420. The minimum Gasteiger partial charge on any atom is -0.491 e. The molecule has 9 N–H and O–H groups in total. The molecule has 32 heteroatoms. The number of imidazole rings is 1. The van der Waals surface area contributed by atoms with E-state index >= 15 is 0 Å². The number of nitrogens with one attached hydrogen (secondary N) is 2. The first-order chi connectivity index (χ1) is 32.9. The van der Waals surface area contributed by atoms with Crippen LogP contribution >= 0.6 is 15.6 Å². The standard InChI is InChI=1S/C37H53N9O21P2/c1-20-40-34-27(35(53)41-20)39-19-46(34)36-31(51)29(49)25(64-36)18-63-68(54,55)67-69(56,57)66-37-32(52)30(50)28(48)24(65-37)17-38-26(47)7-8-58-9-10-59-11-12-60-13-14-61-15-16-62-23-5-3-22(4-6-23)33-44-42-21(2)43-45-33/h3-6,19,24-25,28-32,36-37,48-52H,7-18H2,1-2H3,(H,38,47)(H,54,55)(H,56,57)(H,40,41,53)/t24?,25-,28-,29+,30+,31?,32?,36-,37-/m1/s1. The van der Waals surface area contributed by atoms with Gasteiger partial charge in [0, 0.05) is 18.5 Å². The molecule has 0 saturated carbocycles. The number of nitrogens with zero attached hydrogens (tertiary/aromatic N) is 7. The van der Waals surface area contributed by atoms with E-state index < -0.39 is 95.5 Å². The largest absolute Gasteiger partial charge is 0.491 e. The molecule has 1 aromatic carbocycles. The van der Waals surface area contributed by atoms with Crippen LogP contribution in [0.4, 0.5) is 0 Å². The number of aliphatic hydroxyl groups is 5. The number of aromatic nitrogens is 8. The first kappa shape index (κ1) is 53.9. The third-order valence-electron chi connectivity index (χ3n) is 9.95.